The first-order chi connectivity index (χ1) is 13.3. The maximum absolute atomic E-state index is 14.1. The fourth-order valence-corrected chi connectivity index (χ4v) is 2.76. The molecule has 0 heterocycles. The summed E-state index contributed by atoms with van der Waals surface area (Å²) in [6.07, 6.45) is 0.539. The molecule has 0 aliphatic heterocycles. The van der Waals surface area contributed by atoms with Crippen molar-refractivity contribution >= 4 is 11.8 Å². The second-order valence-electron chi connectivity index (χ2n) is 6.88. The van der Waals surface area contributed by atoms with Gasteiger partial charge in [0.05, 0.1) is 6.42 Å². The summed E-state index contributed by atoms with van der Waals surface area (Å²) in [5, 5.41) is 2.84. The zero-order chi connectivity index (χ0) is 20.7. The van der Waals surface area contributed by atoms with Gasteiger partial charge in [-0.3, -0.25) is 9.59 Å². The third-order valence-corrected chi connectivity index (χ3v) is 4.77. The van der Waals surface area contributed by atoms with Gasteiger partial charge in [0.1, 0.15) is 17.7 Å². The molecule has 2 amide bonds. The van der Waals surface area contributed by atoms with Gasteiger partial charge in [0, 0.05) is 18.2 Å². The highest BCUT2D eigenvalue weighted by molar-refractivity contribution is 5.88. The Balaban J connectivity index is 2.26. The quantitative estimate of drug-likeness (QED) is 0.747. The summed E-state index contributed by atoms with van der Waals surface area (Å²) >= 11 is 0. The van der Waals surface area contributed by atoms with Crippen molar-refractivity contribution in [1.29, 1.82) is 0 Å². The molecule has 2 atom stereocenters. The summed E-state index contributed by atoms with van der Waals surface area (Å²) in [5.41, 5.74) is 0.535. The zero-order valence-electron chi connectivity index (χ0n) is 16.4. The summed E-state index contributed by atoms with van der Waals surface area (Å²) in [6.45, 7) is 5.33. The zero-order valence-corrected chi connectivity index (χ0v) is 16.4. The lowest BCUT2D eigenvalue weighted by Gasteiger charge is -2.30. The molecule has 150 valence electrons. The highest BCUT2D eigenvalue weighted by Crippen LogP contribution is 2.16. The molecule has 0 radical (unpaired) electrons. The van der Waals surface area contributed by atoms with E-state index in [1.807, 2.05) is 13.8 Å². The summed E-state index contributed by atoms with van der Waals surface area (Å²) in [5.74, 6) is -1.72. The van der Waals surface area contributed by atoms with Gasteiger partial charge in [-0.1, -0.05) is 43.3 Å². The molecule has 0 fully saturated rings. The fraction of sp³-hybridized carbons (Fsp3) is 0.364. The smallest absolute Gasteiger partial charge is 0.242 e. The van der Waals surface area contributed by atoms with Crippen molar-refractivity contribution < 1.29 is 18.4 Å². The number of nitrogens with one attached hydrogen (secondary N) is 1. The molecule has 0 unspecified atom stereocenters. The van der Waals surface area contributed by atoms with E-state index in [2.05, 4.69) is 5.32 Å². The minimum absolute atomic E-state index is 0.0491. The summed E-state index contributed by atoms with van der Waals surface area (Å²) in [7, 11) is 0. The molecule has 0 bridgehead atoms. The molecule has 0 spiro atoms. The molecule has 0 aliphatic carbocycles. The average molecular weight is 388 g/mol. The third kappa shape index (κ3) is 5.62. The lowest BCUT2D eigenvalue weighted by Crippen LogP contribution is -2.50. The molecule has 0 saturated heterocycles. The van der Waals surface area contributed by atoms with E-state index in [9.17, 15) is 18.4 Å². The highest BCUT2D eigenvalue weighted by atomic mass is 19.1. The molecule has 0 saturated carbocycles. The summed E-state index contributed by atoms with van der Waals surface area (Å²) < 4.78 is 28.1. The standard InChI is InChI=1S/C22H26F2N2O2/c1-4-15(2)25-22(28)16(3)26(14-18-10-6-8-12-20(18)24)21(27)13-17-9-5-7-11-19(17)23/h5-12,15-16H,4,13-14H2,1-3H3,(H,25,28)/t15-,16+/m1/s1. The molecule has 2 rings (SSSR count). The van der Waals surface area contributed by atoms with Crippen molar-refractivity contribution in [2.75, 3.05) is 0 Å². The first-order valence-electron chi connectivity index (χ1n) is 9.40. The maximum Gasteiger partial charge on any atom is 0.242 e. The monoisotopic (exact) mass is 388 g/mol. The van der Waals surface area contributed by atoms with Crippen LogP contribution in [0.4, 0.5) is 8.78 Å². The third-order valence-electron chi connectivity index (χ3n) is 4.77. The average Bonchev–Trinajstić information content (AvgIpc) is 2.68. The Morgan fingerprint density at radius 3 is 2.04 bits per heavy atom. The molecule has 2 aromatic rings. The molecule has 28 heavy (non-hydrogen) atoms. The van der Waals surface area contributed by atoms with Gasteiger partial charge in [-0.05, 0) is 38.0 Å². The lowest BCUT2D eigenvalue weighted by molar-refractivity contribution is -0.140. The lowest BCUT2D eigenvalue weighted by atomic mass is 10.1. The minimum atomic E-state index is -0.826. The van der Waals surface area contributed by atoms with E-state index >= 15 is 0 Å². The Morgan fingerprint density at radius 2 is 1.50 bits per heavy atom. The fourth-order valence-electron chi connectivity index (χ4n) is 2.76. The van der Waals surface area contributed by atoms with Crippen LogP contribution >= 0.6 is 0 Å². The van der Waals surface area contributed by atoms with Crippen LogP contribution in [0.3, 0.4) is 0 Å². The molecular weight excluding hydrogens is 362 g/mol. The molecule has 2 aromatic carbocycles. The van der Waals surface area contributed by atoms with E-state index in [1.165, 1.54) is 23.1 Å². The summed E-state index contributed by atoms with van der Waals surface area (Å²) in [6, 6.07) is 11.2. The van der Waals surface area contributed by atoms with Crippen molar-refractivity contribution in [2.45, 2.75) is 52.2 Å². The van der Waals surface area contributed by atoms with Crippen LogP contribution < -0.4 is 5.32 Å². The number of benzene rings is 2. The van der Waals surface area contributed by atoms with E-state index in [-0.39, 0.29) is 30.5 Å². The Hall–Kier alpha value is -2.76. The van der Waals surface area contributed by atoms with Gasteiger partial charge in [0.2, 0.25) is 11.8 Å². The molecule has 1 N–H and O–H groups in total. The number of halogens is 2. The number of carbonyl (C=O) groups is 2. The largest absolute Gasteiger partial charge is 0.352 e. The second-order valence-corrected chi connectivity index (χ2v) is 6.88. The number of hydrogen-bond acceptors (Lipinski definition) is 2. The molecule has 4 nitrogen and oxygen atoms in total. The Bertz CT molecular complexity index is 826. The minimum Gasteiger partial charge on any atom is -0.352 e. The van der Waals surface area contributed by atoms with Crippen molar-refractivity contribution in [3.8, 4) is 0 Å². The topological polar surface area (TPSA) is 49.4 Å². The van der Waals surface area contributed by atoms with Gasteiger partial charge >= 0.3 is 0 Å². The number of rotatable bonds is 8. The molecule has 0 aliphatic rings. The van der Waals surface area contributed by atoms with E-state index in [1.54, 1.807) is 37.3 Å². The van der Waals surface area contributed by atoms with Crippen LogP contribution in [-0.4, -0.2) is 28.8 Å². The van der Waals surface area contributed by atoms with E-state index in [0.717, 1.165) is 6.42 Å². The van der Waals surface area contributed by atoms with Gasteiger partial charge < -0.3 is 10.2 Å². The predicted octanol–water partition coefficient (Wildman–Crippen LogP) is 3.84. The summed E-state index contributed by atoms with van der Waals surface area (Å²) in [4.78, 5) is 26.8. The van der Waals surface area contributed by atoms with Crippen molar-refractivity contribution in [2.24, 2.45) is 0 Å². The van der Waals surface area contributed by atoms with Crippen LogP contribution in [0.2, 0.25) is 0 Å². The maximum atomic E-state index is 14.1. The number of amides is 2. The van der Waals surface area contributed by atoms with Crippen molar-refractivity contribution in [3.05, 3.63) is 71.3 Å². The van der Waals surface area contributed by atoms with Crippen LogP contribution in [0.1, 0.15) is 38.3 Å². The number of hydrogen-bond donors (Lipinski definition) is 1. The predicted molar refractivity (Wildman–Crippen MR) is 104 cm³/mol. The van der Waals surface area contributed by atoms with Crippen LogP contribution in [0.5, 0.6) is 0 Å². The van der Waals surface area contributed by atoms with Crippen molar-refractivity contribution in [1.82, 2.24) is 10.2 Å². The van der Waals surface area contributed by atoms with Gasteiger partial charge in [-0.25, -0.2) is 8.78 Å². The number of carbonyl (C=O) groups excluding carboxylic acids is 2. The van der Waals surface area contributed by atoms with E-state index in [0.29, 0.717) is 5.56 Å². The van der Waals surface area contributed by atoms with Gasteiger partial charge in [0.15, 0.2) is 0 Å². The van der Waals surface area contributed by atoms with Gasteiger partial charge in [0.25, 0.3) is 0 Å². The molecular formula is C22H26F2N2O2. The highest BCUT2D eigenvalue weighted by Gasteiger charge is 2.28. The van der Waals surface area contributed by atoms with E-state index < -0.39 is 23.6 Å². The SMILES string of the molecule is CC[C@@H](C)NC(=O)[C@H](C)N(Cc1ccccc1F)C(=O)Cc1ccccc1F. The van der Waals surface area contributed by atoms with Crippen LogP contribution in [0.25, 0.3) is 0 Å². The van der Waals surface area contributed by atoms with Crippen LogP contribution in [0, 0.1) is 11.6 Å². The first kappa shape index (κ1) is 21.5. The molecule has 0 aromatic heterocycles. The normalized spacial score (nSPS) is 12.9. The Labute approximate surface area is 164 Å². The molecule has 6 heteroatoms. The van der Waals surface area contributed by atoms with Crippen LogP contribution in [-0.2, 0) is 22.6 Å². The van der Waals surface area contributed by atoms with Gasteiger partial charge in [-0.15, -0.1) is 0 Å². The number of nitrogens with zero attached hydrogens (tertiary/aromatic N) is 1. The second kappa shape index (κ2) is 9.97. The first-order valence-corrected chi connectivity index (χ1v) is 9.40. The van der Waals surface area contributed by atoms with E-state index in [4.69, 9.17) is 0 Å². The Kier molecular flexibility index (Phi) is 7.67. The van der Waals surface area contributed by atoms with Crippen LogP contribution in [0.15, 0.2) is 48.5 Å². The van der Waals surface area contributed by atoms with Crippen molar-refractivity contribution in [3.63, 3.8) is 0 Å². The Morgan fingerprint density at radius 1 is 0.964 bits per heavy atom. The van der Waals surface area contributed by atoms with Gasteiger partial charge in [-0.2, -0.15) is 0 Å².